The van der Waals surface area contributed by atoms with Gasteiger partial charge in [0.05, 0.1) is 13.2 Å². The summed E-state index contributed by atoms with van der Waals surface area (Å²) < 4.78 is 5.39. The zero-order chi connectivity index (χ0) is 13.8. The minimum Gasteiger partial charge on any atom is -0.379 e. The second-order valence-electron chi connectivity index (χ2n) is 5.80. The molecule has 106 valence electrons. The van der Waals surface area contributed by atoms with Crippen molar-refractivity contribution in [1.29, 1.82) is 0 Å². The predicted octanol–water partition coefficient (Wildman–Crippen LogP) is 3.19. The molecule has 0 radical (unpaired) electrons. The third kappa shape index (κ3) is 3.58. The Morgan fingerprint density at radius 1 is 1.00 bits per heavy atom. The first-order valence-corrected chi connectivity index (χ1v) is 7.46. The van der Waals surface area contributed by atoms with Crippen LogP contribution in [0.2, 0.25) is 0 Å². The second-order valence-corrected chi connectivity index (χ2v) is 5.80. The highest BCUT2D eigenvalue weighted by atomic mass is 16.5. The first-order valence-electron chi connectivity index (χ1n) is 7.46. The van der Waals surface area contributed by atoms with E-state index < -0.39 is 0 Å². The van der Waals surface area contributed by atoms with E-state index >= 15 is 0 Å². The molecule has 2 rings (SSSR count). The summed E-state index contributed by atoms with van der Waals surface area (Å²) in [6.07, 6.45) is 2.46. The van der Waals surface area contributed by atoms with Gasteiger partial charge in [0, 0.05) is 13.1 Å². The Labute approximate surface area is 117 Å². The van der Waals surface area contributed by atoms with Crippen molar-refractivity contribution in [2.75, 3.05) is 32.8 Å². The lowest BCUT2D eigenvalue weighted by atomic mass is 9.91. The molecule has 0 aromatic heterocycles. The van der Waals surface area contributed by atoms with E-state index in [1.54, 1.807) is 5.56 Å². The molecular formula is C17H27NO. The predicted molar refractivity (Wildman–Crippen MR) is 81.0 cm³/mol. The van der Waals surface area contributed by atoms with Gasteiger partial charge in [-0.15, -0.1) is 0 Å². The third-order valence-electron chi connectivity index (χ3n) is 4.53. The van der Waals surface area contributed by atoms with Crippen molar-refractivity contribution in [3.63, 3.8) is 0 Å². The molecule has 1 aromatic carbocycles. The smallest absolute Gasteiger partial charge is 0.0594 e. The summed E-state index contributed by atoms with van der Waals surface area (Å²) in [5.74, 6) is 0. The fourth-order valence-electron chi connectivity index (χ4n) is 2.98. The first kappa shape index (κ1) is 14.5. The quantitative estimate of drug-likeness (QED) is 0.825. The molecule has 1 saturated heterocycles. The molecule has 0 amide bonds. The Kier molecular flexibility index (Phi) is 5.00. The molecule has 1 aliphatic heterocycles. The average Bonchev–Trinajstić information content (AvgIpc) is 2.42. The van der Waals surface area contributed by atoms with Crippen LogP contribution < -0.4 is 0 Å². The van der Waals surface area contributed by atoms with E-state index in [0.717, 1.165) is 26.3 Å². The van der Waals surface area contributed by atoms with Crippen molar-refractivity contribution in [3.8, 4) is 0 Å². The van der Waals surface area contributed by atoms with E-state index in [1.807, 2.05) is 0 Å². The molecule has 0 aliphatic carbocycles. The van der Waals surface area contributed by atoms with Crippen molar-refractivity contribution in [3.05, 3.63) is 33.9 Å². The van der Waals surface area contributed by atoms with E-state index in [1.165, 1.54) is 41.6 Å². The lowest BCUT2D eigenvalue weighted by molar-refractivity contribution is 0.0374. The number of ether oxygens (including phenoxy) is 1. The van der Waals surface area contributed by atoms with E-state index in [9.17, 15) is 0 Å². The van der Waals surface area contributed by atoms with Crippen molar-refractivity contribution < 1.29 is 4.74 Å². The van der Waals surface area contributed by atoms with Crippen LogP contribution in [0.3, 0.4) is 0 Å². The normalized spacial score (nSPS) is 16.8. The minimum atomic E-state index is 0.904. The Morgan fingerprint density at radius 2 is 1.58 bits per heavy atom. The summed E-state index contributed by atoms with van der Waals surface area (Å²) in [6.45, 7) is 14.2. The van der Waals surface area contributed by atoms with Gasteiger partial charge in [-0.1, -0.05) is 6.07 Å². The van der Waals surface area contributed by atoms with Crippen LogP contribution in [-0.4, -0.2) is 37.7 Å². The van der Waals surface area contributed by atoms with E-state index in [0.29, 0.717) is 0 Å². The van der Waals surface area contributed by atoms with Gasteiger partial charge < -0.3 is 4.74 Å². The lowest BCUT2D eigenvalue weighted by Crippen LogP contribution is -2.37. The Bertz CT molecular complexity index is 407. The monoisotopic (exact) mass is 261 g/mol. The molecule has 2 nitrogen and oxygen atoms in total. The lowest BCUT2D eigenvalue weighted by Gasteiger charge is -2.26. The molecule has 19 heavy (non-hydrogen) atoms. The highest BCUT2D eigenvalue weighted by Gasteiger charge is 2.11. The average molecular weight is 261 g/mol. The number of morpholine rings is 1. The van der Waals surface area contributed by atoms with Crippen LogP contribution in [-0.2, 0) is 11.2 Å². The van der Waals surface area contributed by atoms with Crippen molar-refractivity contribution >= 4 is 0 Å². The molecular weight excluding hydrogens is 234 g/mol. The van der Waals surface area contributed by atoms with Crippen LogP contribution in [0.25, 0.3) is 0 Å². The van der Waals surface area contributed by atoms with Crippen molar-refractivity contribution in [2.45, 2.75) is 40.5 Å². The zero-order valence-electron chi connectivity index (χ0n) is 12.9. The standard InChI is InChI=1S/C17H27NO/c1-13-12-14(2)16(4)17(15(13)3)6-5-7-18-8-10-19-11-9-18/h12H,5-11H2,1-4H3. The third-order valence-corrected chi connectivity index (χ3v) is 4.53. The van der Waals surface area contributed by atoms with Crippen LogP contribution in [0, 0.1) is 27.7 Å². The van der Waals surface area contributed by atoms with E-state index in [4.69, 9.17) is 4.74 Å². The summed E-state index contributed by atoms with van der Waals surface area (Å²) in [6, 6.07) is 2.32. The van der Waals surface area contributed by atoms with Crippen LogP contribution >= 0.6 is 0 Å². The molecule has 1 aliphatic rings. The van der Waals surface area contributed by atoms with Gasteiger partial charge in [0.2, 0.25) is 0 Å². The van der Waals surface area contributed by atoms with Crippen LogP contribution in [0.15, 0.2) is 6.07 Å². The van der Waals surface area contributed by atoms with Gasteiger partial charge in [-0.25, -0.2) is 0 Å². The van der Waals surface area contributed by atoms with Gasteiger partial charge in [0.15, 0.2) is 0 Å². The molecule has 2 heteroatoms. The fraction of sp³-hybridized carbons (Fsp3) is 0.647. The van der Waals surface area contributed by atoms with Gasteiger partial charge in [-0.3, -0.25) is 4.90 Å². The molecule has 0 saturated carbocycles. The van der Waals surface area contributed by atoms with Gasteiger partial charge in [-0.2, -0.15) is 0 Å². The van der Waals surface area contributed by atoms with E-state index in [-0.39, 0.29) is 0 Å². The zero-order valence-corrected chi connectivity index (χ0v) is 12.9. The number of hydrogen-bond donors (Lipinski definition) is 0. The number of rotatable bonds is 4. The molecule has 0 unspecified atom stereocenters. The highest BCUT2D eigenvalue weighted by Crippen LogP contribution is 2.23. The van der Waals surface area contributed by atoms with Gasteiger partial charge in [0.25, 0.3) is 0 Å². The molecule has 1 fully saturated rings. The molecule has 1 aromatic rings. The summed E-state index contributed by atoms with van der Waals surface area (Å²) in [4.78, 5) is 2.52. The number of aryl methyl sites for hydroxylation is 2. The summed E-state index contributed by atoms with van der Waals surface area (Å²) in [5, 5.41) is 0. The highest BCUT2D eigenvalue weighted by molar-refractivity contribution is 5.44. The molecule has 1 heterocycles. The van der Waals surface area contributed by atoms with Crippen molar-refractivity contribution in [2.24, 2.45) is 0 Å². The maximum absolute atomic E-state index is 5.39. The Balaban J connectivity index is 1.95. The number of nitrogens with zero attached hydrogens (tertiary/aromatic N) is 1. The maximum atomic E-state index is 5.39. The largest absolute Gasteiger partial charge is 0.379 e. The van der Waals surface area contributed by atoms with Crippen LogP contribution in [0.1, 0.15) is 34.2 Å². The molecule has 0 atom stereocenters. The van der Waals surface area contributed by atoms with Gasteiger partial charge in [0.1, 0.15) is 0 Å². The summed E-state index contributed by atoms with van der Waals surface area (Å²) in [5.41, 5.74) is 7.43. The second kappa shape index (κ2) is 6.53. The maximum Gasteiger partial charge on any atom is 0.0594 e. The van der Waals surface area contributed by atoms with Gasteiger partial charge in [-0.05, 0) is 74.9 Å². The van der Waals surface area contributed by atoms with Crippen LogP contribution in [0.5, 0.6) is 0 Å². The first-order chi connectivity index (χ1) is 9.09. The molecule has 0 N–H and O–H groups in total. The summed E-state index contributed by atoms with van der Waals surface area (Å²) in [7, 11) is 0. The fourth-order valence-corrected chi connectivity index (χ4v) is 2.98. The topological polar surface area (TPSA) is 12.5 Å². The molecule has 0 bridgehead atoms. The molecule has 0 spiro atoms. The Hall–Kier alpha value is -0.860. The SMILES string of the molecule is Cc1cc(C)c(C)c(CCCN2CCOCC2)c1C. The van der Waals surface area contributed by atoms with Crippen LogP contribution in [0.4, 0.5) is 0 Å². The number of benzene rings is 1. The van der Waals surface area contributed by atoms with E-state index in [2.05, 4.69) is 38.7 Å². The Morgan fingerprint density at radius 3 is 2.16 bits per heavy atom. The minimum absolute atomic E-state index is 0.904. The van der Waals surface area contributed by atoms with Crippen molar-refractivity contribution in [1.82, 2.24) is 4.90 Å². The van der Waals surface area contributed by atoms with Gasteiger partial charge >= 0.3 is 0 Å². The number of hydrogen-bond acceptors (Lipinski definition) is 2. The summed E-state index contributed by atoms with van der Waals surface area (Å²) >= 11 is 0.